The summed E-state index contributed by atoms with van der Waals surface area (Å²) in [5, 5.41) is 21.1. The first kappa shape index (κ1) is 33.4. The molecule has 1 fully saturated rings. The van der Waals surface area contributed by atoms with Crippen molar-refractivity contribution < 1.29 is 29.4 Å². The van der Waals surface area contributed by atoms with Crippen LogP contribution in [0.5, 0.6) is 0 Å². The highest BCUT2D eigenvalue weighted by atomic mass is 32.2. The Balaban J connectivity index is 1.25. The number of hydroxylamine groups is 1. The molecule has 8 nitrogen and oxygen atoms in total. The zero-order chi connectivity index (χ0) is 32.1. The third-order valence-corrected chi connectivity index (χ3v) is 9.11. The monoisotopic (exact) mass is 640 g/mol. The van der Waals surface area contributed by atoms with E-state index in [1.54, 1.807) is 17.2 Å². The maximum Gasteiger partial charge on any atom is 0.243 e. The number of hydrogen-bond donors (Lipinski definition) is 4. The third-order valence-electron chi connectivity index (χ3n) is 7.96. The first-order valence-electron chi connectivity index (χ1n) is 15.6. The van der Waals surface area contributed by atoms with Crippen LogP contribution in [0.1, 0.15) is 66.8 Å². The number of benzene rings is 4. The van der Waals surface area contributed by atoms with Gasteiger partial charge in [0.2, 0.25) is 11.8 Å². The van der Waals surface area contributed by atoms with Crippen molar-refractivity contribution in [3.8, 4) is 11.1 Å². The van der Waals surface area contributed by atoms with Gasteiger partial charge in [-0.15, -0.1) is 11.8 Å². The number of thioether (sulfide) groups is 1. The summed E-state index contributed by atoms with van der Waals surface area (Å²) in [6.45, 7) is 0.392. The zero-order valence-corrected chi connectivity index (χ0v) is 26.5. The van der Waals surface area contributed by atoms with Crippen LogP contribution in [-0.2, 0) is 32.2 Å². The minimum absolute atomic E-state index is 0.00310. The van der Waals surface area contributed by atoms with Crippen LogP contribution in [0.2, 0.25) is 0 Å². The van der Waals surface area contributed by atoms with Gasteiger partial charge in [-0.25, -0.2) is 5.48 Å². The molecule has 1 saturated heterocycles. The second-order valence-corrected chi connectivity index (χ2v) is 12.4. The standard InChI is InChI=1S/C37H40N2O6S/c40-24-26-14-16-28(17-15-26)34-22-31(25-46-32-9-2-1-3-10-32)44-37(45-34)29-20-18-27(19-21-29)33-11-5-4-8-30(33)23-38-35(41)12-6-7-13-36(42)39-43/h1-5,8-11,14-21,31,34,37,40,43H,6-7,12-13,22-25H2,(H,38,41)(H,39,42). The topological polar surface area (TPSA) is 117 Å². The molecule has 2 amide bonds. The lowest BCUT2D eigenvalue weighted by Gasteiger charge is -2.36. The predicted molar refractivity (Wildman–Crippen MR) is 178 cm³/mol. The van der Waals surface area contributed by atoms with Crippen LogP contribution in [-0.4, -0.2) is 34.0 Å². The summed E-state index contributed by atoms with van der Waals surface area (Å²) >= 11 is 1.77. The molecule has 1 aliphatic rings. The van der Waals surface area contributed by atoms with Crippen LogP contribution in [0.15, 0.2) is 108 Å². The maximum atomic E-state index is 12.4. The van der Waals surface area contributed by atoms with Crippen molar-refractivity contribution in [1.29, 1.82) is 0 Å². The summed E-state index contributed by atoms with van der Waals surface area (Å²) in [4.78, 5) is 24.8. The molecule has 3 atom stereocenters. The molecule has 0 bridgehead atoms. The lowest BCUT2D eigenvalue weighted by atomic mass is 9.97. The molecule has 0 radical (unpaired) electrons. The van der Waals surface area contributed by atoms with Gasteiger partial charge >= 0.3 is 0 Å². The molecule has 4 aromatic rings. The van der Waals surface area contributed by atoms with E-state index < -0.39 is 12.2 Å². The van der Waals surface area contributed by atoms with Crippen LogP contribution in [0.25, 0.3) is 11.1 Å². The van der Waals surface area contributed by atoms with E-state index in [2.05, 4.69) is 29.6 Å². The second kappa shape index (κ2) is 17.1. The van der Waals surface area contributed by atoms with Crippen LogP contribution in [0, 0.1) is 0 Å². The summed E-state index contributed by atoms with van der Waals surface area (Å²) in [5.41, 5.74) is 7.50. The number of ether oxygens (including phenoxy) is 2. The molecular weight excluding hydrogens is 600 g/mol. The Kier molecular flexibility index (Phi) is 12.4. The number of nitrogens with one attached hydrogen (secondary N) is 2. The second-order valence-electron chi connectivity index (χ2n) is 11.3. The van der Waals surface area contributed by atoms with Crippen LogP contribution >= 0.6 is 11.8 Å². The highest BCUT2D eigenvalue weighted by Gasteiger charge is 2.32. The van der Waals surface area contributed by atoms with Crippen LogP contribution in [0.4, 0.5) is 0 Å². The van der Waals surface area contributed by atoms with Gasteiger partial charge in [-0.2, -0.15) is 0 Å². The van der Waals surface area contributed by atoms with E-state index in [4.69, 9.17) is 14.7 Å². The van der Waals surface area contributed by atoms with Gasteiger partial charge in [0.05, 0.1) is 18.8 Å². The molecule has 4 N–H and O–H groups in total. The molecule has 0 aromatic heterocycles. The normalized spacial score (nSPS) is 17.7. The summed E-state index contributed by atoms with van der Waals surface area (Å²) in [5.74, 6) is 0.267. The molecule has 240 valence electrons. The SMILES string of the molecule is O=C(CCCCC(=O)NCc1ccccc1-c1ccc(C2OC(CSc3ccccc3)CC(c3ccc(CO)cc3)O2)cc1)NO. The van der Waals surface area contributed by atoms with Gasteiger partial charge in [-0.1, -0.05) is 91.0 Å². The van der Waals surface area contributed by atoms with Gasteiger partial charge in [0.25, 0.3) is 0 Å². The Labute approximate surface area is 274 Å². The Hall–Kier alpha value is -3.99. The Morgan fingerprint density at radius 1 is 0.783 bits per heavy atom. The molecule has 4 aromatic carbocycles. The van der Waals surface area contributed by atoms with Gasteiger partial charge < -0.3 is 19.9 Å². The Bertz CT molecular complexity index is 1550. The smallest absolute Gasteiger partial charge is 0.243 e. The van der Waals surface area contributed by atoms with Crippen molar-refractivity contribution in [3.05, 3.63) is 125 Å². The van der Waals surface area contributed by atoms with Crippen molar-refractivity contribution in [2.24, 2.45) is 0 Å². The van der Waals surface area contributed by atoms with E-state index in [0.29, 0.717) is 25.8 Å². The number of carbonyl (C=O) groups excluding carboxylic acids is 2. The van der Waals surface area contributed by atoms with Crippen molar-refractivity contribution in [3.63, 3.8) is 0 Å². The Morgan fingerprint density at radius 2 is 1.46 bits per heavy atom. The molecule has 0 aliphatic carbocycles. The maximum absolute atomic E-state index is 12.4. The molecule has 5 rings (SSSR count). The van der Waals surface area contributed by atoms with Crippen molar-refractivity contribution in [1.82, 2.24) is 10.8 Å². The average Bonchev–Trinajstić information content (AvgIpc) is 3.12. The molecule has 1 aliphatic heterocycles. The van der Waals surface area contributed by atoms with E-state index >= 15 is 0 Å². The Morgan fingerprint density at radius 3 is 2.17 bits per heavy atom. The lowest BCUT2D eigenvalue weighted by molar-refractivity contribution is -0.245. The lowest BCUT2D eigenvalue weighted by Crippen LogP contribution is -2.31. The van der Waals surface area contributed by atoms with Crippen molar-refractivity contribution in [2.75, 3.05) is 5.75 Å². The highest BCUT2D eigenvalue weighted by molar-refractivity contribution is 7.99. The van der Waals surface area contributed by atoms with Crippen molar-refractivity contribution >= 4 is 23.6 Å². The van der Waals surface area contributed by atoms with E-state index in [9.17, 15) is 14.7 Å². The fourth-order valence-electron chi connectivity index (χ4n) is 5.41. The third kappa shape index (κ3) is 9.51. The summed E-state index contributed by atoms with van der Waals surface area (Å²) < 4.78 is 13.1. The molecule has 3 unspecified atom stereocenters. The number of hydrogen-bond acceptors (Lipinski definition) is 7. The minimum Gasteiger partial charge on any atom is -0.392 e. The van der Waals surface area contributed by atoms with Gasteiger partial charge in [-0.05, 0) is 52.8 Å². The first-order chi connectivity index (χ1) is 22.5. The largest absolute Gasteiger partial charge is 0.392 e. The van der Waals surface area contributed by atoms with E-state index in [1.807, 2.05) is 78.9 Å². The number of rotatable bonds is 14. The number of amides is 2. The molecular formula is C37H40N2O6S. The molecule has 1 heterocycles. The fraction of sp³-hybridized carbons (Fsp3) is 0.297. The van der Waals surface area contributed by atoms with Gasteiger partial charge in [0, 0.05) is 42.0 Å². The predicted octanol–water partition coefficient (Wildman–Crippen LogP) is 6.87. The summed E-state index contributed by atoms with van der Waals surface area (Å²) in [7, 11) is 0. The fourth-order valence-corrected chi connectivity index (χ4v) is 6.36. The average molecular weight is 641 g/mol. The summed E-state index contributed by atoms with van der Waals surface area (Å²) in [6, 6.07) is 34.4. The van der Waals surface area contributed by atoms with Gasteiger partial charge in [0.1, 0.15) is 0 Å². The molecule has 0 saturated carbocycles. The summed E-state index contributed by atoms with van der Waals surface area (Å²) in [6.07, 6.45) is 1.61. The number of aliphatic hydroxyl groups is 1. The van der Waals surface area contributed by atoms with Gasteiger partial charge in [0.15, 0.2) is 6.29 Å². The van der Waals surface area contributed by atoms with E-state index in [-0.39, 0.29) is 31.1 Å². The van der Waals surface area contributed by atoms with Crippen molar-refractivity contribution in [2.45, 2.75) is 68.6 Å². The number of unbranched alkanes of at least 4 members (excludes halogenated alkanes) is 1. The van der Waals surface area contributed by atoms with Crippen LogP contribution in [0.3, 0.4) is 0 Å². The zero-order valence-electron chi connectivity index (χ0n) is 25.6. The molecule has 46 heavy (non-hydrogen) atoms. The first-order valence-corrected chi connectivity index (χ1v) is 16.6. The van der Waals surface area contributed by atoms with Crippen LogP contribution < -0.4 is 10.8 Å². The number of aliphatic hydroxyl groups excluding tert-OH is 1. The molecule has 0 spiro atoms. The van der Waals surface area contributed by atoms with Gasteiger partial charge in [-0.3, -0.25) is 14.8 Å². The van der Waals surface area contributed by atoms with E-state index in [1.165, 1.54) is 4.90 Å². The molecule has 9 heteroatoms. The quantitative estimate of drug-likeness (QED) is 0.0515. The highest BCUT2D eigenvalue weighted by Crippen LogP contribution is 2.40. The van der Waals surface area contributed by atoms with E-state index in [0.717, 1.165) is 45.6 Å². The number of carbonyl (C=O) groups is 2. The minimum atomic E-state index is -0.537.